The summed E-state index contributed by atoms with van der Waals surface area (Å²) in [5.41, 5.74) is 2.48. The summed E-state index contributed by atoms with van der Waals surface area (Å²) in [6.45, 7) is 14.9. The molecular weight excluding hydrogens is 597 g/mol. The molecule has 3 fully saturated rings. The van der Waals surface area contributed by atoms with E-state index in [1.165, 1.54) is 83.5 Å². The van der Waals surface area contributed by atoms with Crippen molar-refractivity contribution in [1.29, 1.82) is 0 Å². The molecule has 0 spiro atoms. The number of carbonyl (C=O) groups is 1. The third-order valence-electron chi connectivity index (χ3n) is 13.8. The normalized spacial score (nSPS) is 32.2. The fourth-order valence-corrected chi connectivity index (χ4v) is 10.9. The molecular formula is C47H76O2. The number of rotatable bonds is 20. The van der Waals surface area contributed by atoms with Crippen molar-refractivity contribution in [1.82, 2.24) is 0 Å². The molecule has 0 bridgehead atoms. The number of hydrogen-bond donors (Lipinski definition) is 0. The van der Waals surface area contributed by atoms with Gasteiger partial charge >= 0.3 is 5.97 Å². The Kier molecular flexibility index (Phi) is 16.5. The van der Waals surface area contributed by atoms with Gasteiger partial charge in [-0.05, 0) is 136 Å². The molecule has 0 N–H and O–H groups in total. The predicted molar refractivity (Wildman–Crippen MR) is 211 cm³/mol. The summed E-state index contributed by atoms with van der Waals surface area (Å²) in [7, 11) is 0. The van der Waals surface area contributed by atoms with E-state index in [0.29, 0.717) is 17.3 Å². The van der Waals surface area contributed by atoms with Crippen LogP contribution < -0.4 is 0 Å². The highest BCUT2D eigenvalue weighted by atomic mass is 16.5. The zero-order valence-corrected chi connectivity index (χ0v) is 32.9. The van der Waals surface area contributed by atoms with Gasteiger partial charge in [0.05, 0.1) is 0 Å². The van der Waals surface area contributed by atoms with Crippen LogP contribution in [0.5, 0.6) is 0 Å². The first-order valence-corrected chi connectivity index (χ1v) is 21.2. The van der Waals surface area contributed by atoms with E-state index in [4.69, 9.17) is 4.74 Å². The van der Waals surface area contributed by atoms with Crippen molar-refractivity contribution >= 4 is 5.97 Å². The van der Waals surface area contributed by atoms with Gasteiger partial charge in [-0.25, -0.2) is 0 Å². The van der Waals surface area contributed by atoms with Crippen LogP contribution >= 0.6 is 0 Å². The fraction of sp³-hybridized carbons (Fsp3) is 0.766. The molecule has 0 aromatic heterocycles. The van der Waals surface area contributed by atoms with Gasteiger partial charge in [-0.1, -0.05) is 134 Å². The van der Waals surface area contributed by atoms with Gasteiger partial charge < -0.3 is 4.74 Å². The van der Waals surface area contributed by atoms with E-state index in [-0.39, 0.29) is 12.1 Å². The van der Waals surface area contributed by atoms with E-state index in [1.54, 1.807) is 5.57 Å². The lowest BCUT2D eigenvalue weighted by atomic mass is 9.47. The van der Waals surface area contributed by atoms with E-state index in [1.807, 2.05) is 0 Å². The number of allylic oxidation sites excluding steroid dienone is 9. The lowest BCUT2D eigenvalue weighted by Crippen LogP contribution is -2.51. The monoisotopic (exact) mass is 673 g/mol. The van der Waals surface area contributed by atoms with Crippen LogP contribution in [0.3, 0.4) is 0 Å². The van der Waals surface area contributed by atoms with Crippen molar-refractivity contribution in [3.8, 4) is 0 Å². The first-order chi connectivity index (χ1) is 23.7. The van der Waals surface area contributed by atoms with Crippen molar-refractivity contribution < 1.29 is 9.53 Å². The van der Waals surface area contributed by atoms with Crippen molar-refractivity contribution in [2.45, 2.75) is 182 Å². The second-order valence-corrected chi connectivity index (χ2v) is 17.6. The zero-order chi connectivity index (χ0) is 35.1. The smallest absolute Gasteiger partial charge is 0.306 e. The SMILES string of the molecule is CCCCC/C=C\C/C=C\C/C=C\C/C=C\CCCC(=O)OC1CC[C@@]2(C)C(=CC[C@H]3[C@@H]4CC[C@H]([C@H](C)CCCC(C)C)[C@@]4(C)CC[C@@H]32)C1. The number of ether oxygens (including phenoxy) is 1. The van der Waals surface area contributed by atoms with Crippen LogP contribution in [0.15, 0.2) is 60.3 Å². The Morgan fingerprint density at radius 2 is 1.47 bits per heavy atom. The first-order valence-electron chi connectivity index (χ1n) is 21.2. The number of hydrogen-bond acceptors (Lipinski definition) is 2. The van der Waals surface area contributed by atoms with Crippen molar-refractivity contribution in [3.63, 3.8) is 0 Å². The molecule has 49 heavy (non-hydrogen) atoms. The Balaban J connectivity index is 1.13. The minimum atomic E-state index is 0.00622. The van der Waals surface area contributed by atoms with Crippen LogP contribution in [0.25, 0.3) is 0 Å². The zero-order valence-electron chi connectivity index (χ0n) is 32.9. The number of fused-ring (bicyclic) bond motifs is 5. The maximum atomic E-state index is 12.8. The topological polar surface area (TPSA) is 26.3 Å². The predicted octanol–water partition coefficient (Wildman–Crippen LogP) is 14.1. The third kappa shape index (κ3) is 11.3. The molecule has 276 valence electrons. The minimum Gasteiger partial charge on any atom is -0.462 e. The molecule has 0 saturated heterocycles. The Morgan fingerprint density at radius 1 is 0.796 bits per heavy atom. The first kappa shape index (κ1) is 39.9. The van der Waals surface area contributed by atoms with Crippen LogP contribution in [0, 0.1) is 46.3 Å². The van der Waals surface area contributed by atoms with E-state index < -0.39 is 0 Å². The van der Waals surface area contributed by atoms with E-state index >= 15 is 0 Å². The van der Waals surface area contributed by atoms with Crippen LogP contribution in [0.4, 0.5) is 0 Å². The highest BCUT2D eigenvalue weighted by Crippen LogP contribution is 2.67. The molecule has 2 heteroatoms. The Hall–Kier alpha value is -1.83. The minimum absolute atomic E-state index is 0.00622. The molecule has 8 atom stereocenters. The van der Waals surface area contributed by atoms with Gasteiger partial charge in [0.25, 0.3) is 0 Å². The fourth-order valence-electron chi connectivity index (χ4n) is 10.9. The van der Waals surface area contributed by atoms with Gasteiger partial charge in [-0.15, -0.1) is 0 Å². The second kappa shape index (κ2) is 20.3. The van der Waals surface area contributed by atoms with Gasteiger partial charge in [0.15, 0.2) is 0 Å². The summed E-state index contributed by atoms with van der Waals surface area (Å²) in [6.07, 6.45) is 45.7. The maximum Gasteiger partial charge on any atom is 0.306 e. The highest BCUT2D eigenvalue weighted by Gasteiger charge is 2.59. The molecule has 0 radical (unpaired) electrons. The molecule has 4 aliphatic rings. The Morgan fingerprint density at radius 3 is 2.14 bits per heavy atom. The molecule has 0 aromatic carbocycles. The van der Waals surface area contributed by atoms with Crippen LogP contribution in [0.2, 0.25) is 0 Å². The van der Waals surface area contributed by atoms with E-state index in [2.05, 4.69) is 96.2 Å². The molecule has 4 aliphatic carbocycles. The molecule has 0 aromatic rings. The number of esters is 1. The summed E-state index contributed by atoms with van der Waals surface area (Å²) in [6, 6.07) is 0. The van der Waals surface area contributed by atoms with Crippen LogP contribution in [0.1, 0.15) is 176 Å². The quantitative estimate of drug-likeness (QED) is 0.0731. The Bertz CT molecular complexity index is 1140. The third-order valence-corrected chi connectivity index (χ3v) is 13.8. The van der Waals surface area contributed by atoms with Crippen LogP contribution in [-0.4, -0.2) is 12.1 Å². The van der Waals surface area contributed by atoms with Gasteiger partial charge in [0, 0.05) is 12.8 Å². The van der Waals surface area contributed by atoms with Gasteiger partial charge in [0.2, 0.25) is 0 Å². The average Bonchev–Trinajstić information content (AvgIpc) is 3.43. The van der Waals surface area contributed by atoms with Crippen molar-refractivity contribution in [3.05, 3.63) is 60.3 Å². The van der Waals surface area contributed by atoms with E-state index in [0.717, 1.165) is 80.5 Å². The van der Waals surface area contributed by atoms with Crippen LogP contribution in [-0.2, 0) is 9.53 Å². The van der Waals surface area contributed by atoms with Gasteiger partial charge in [-0.2, -0.15) is 0 Å². The van der Waals surface area contributed by atoms with Crippen molar-refractivity contribution in [2.75, 3.05) is 0 Å². The largest absolute Gasteiger partial charge is 0.462 e. The summed E-state index contributed by atoms with van der Waals surface area (Å²) < 4.78 is 6.10. The summed E-state index contributed by atoms with van der Waals surface area (Å²) in [5.74, 6) is 5.21. The summed E-state index contributed by atoms with van der Waals surface area (Å²) in [4.78, 5) is 12.8. The van der Waals surface area contributed by atoms with Gasteiger partial charge in [-0.3, -0.25) is 4.79 Å². The molecule has 0 amide bonds. The van der Waals surface area contributed by atoms with Gasteiger partial charge in [0.1, 0.15) is 6.10 Å². The molecule has 0 aliphatic heterocycles. The van der Waals surface area contributed by atoms with Crippen molar-refractivity contribution in [2.24, 2.45) is 46.3 Å². The highest BCUT2D eigenvalue weighted by molar-refractivity contribution is 5.69. The number of carbonyl (C=O) groups excluding carboxylic acids is 1. The second-order valence-electron chi connectivity index (χ2n) is 17.6. The lowest BCUT2D eigenvalue weighted by molar-refractivity contribution is -0.151. The molecule has 4 rings (SSSR count). The lowest BCUT2D eigenvalue weighted by Gasteiger charge is -2.58. The summed E-state index contributed by atoms with van der Waals surface area (Å²) >= 11 is 0. The molecule has 3 saturated carbocycles. The molecule has 0 heterocycles. The van der Waals surface area contributed by atoms with E-state index in [9.17, 15) is 4.79 Å². The molecule has 2 nitrogen and oxygen atoms in total. The standard InChI is InChI=1S/C47H76O2/c1-7-8-9-10-11-12-13-14-15-16-17-18-19-20-21-22-23-27-45(48)49-40-32-34-46(5)39(36-40)28-29-41-43-31-30-42(38(4)26-24-25-37(2)3)47(43,6)35-33-44(41)46/h11-12,14-15,17-18,20-21,28,37-38,40-44H,7-10,13,16,19,22-27,29-36H2,1-6H3/b12-11-,15-14-,18-17-,21-20-/t38-,40?,41+,42-,43+,44+,46+,47-/m1/s1. The summed E-state index contributed by atoms with van der Waals surface area (Å²) in [5, 5.41) is 0. The number of unbranched alkanes of at least 4 members (excludes halogenated alkanes) is 4. The average molecular weight is 673 g/mol. The maximum absolute atomic E-state index is 12.8. The molecule has 1 unspecified atom stereocenters. The Labute approximate surface area is 303 Å².